The summed E-state index contributed by atoms with van der Waals surface area (Å²) in [6.07, 6.45) is 5.58. The Bertz CT molecular complexity index is 558. The molecule has 1 amide bonds. The lowest BCUT2D eigenvalue weighted by molar-refractivity contribution is -0.117. The summed E-state index contributed by atoms with van der Waals surface area (Å²) in [7, 11) is 0. The van der Waals surface area contributed by atoms with Crippen molar-refractivity contribution in [2.45, 2.75) is 39.7 Å². The topological polar surface area (TPSA) is 47.6 Å². The summed E-state index contributed by atoms with van der Waals surface area (Å²) in [5.74, 6) is 1.33. The number of hydrogen-bond acceptors (Lipinski definition) is 4. The van der Waals surface area contributed by atoms with Crippen LogP contribution in [0.4, 0.5) is 0 Å². The molecule has 2 aliphatic rings. The van der Waals surface area contributed by atoms with Crippen LogP contribution in [-0.2, 0) is 14.3 Å². The van der Waals surface area contributed by atoms with Gasteiger partial charge in [-0.15, -0.1) is 0 Å². The van der Waals surface area contributed by atoms with Gasteiger partial charge in [-0.05, 0) is 44.6 Å². The van der Waals surface area contributed by atoms with E-state index < -0.39 is 0 Å². The zero-order valence-corrected chi connectivity index (χ0v) is 14.2. The molecule has 0 spiro atoms. The van der Waals surface area contributed by atoms with Crippen LogP contribution in [0.1, 0.15) is 33.6 Å². The SMILES string of the molecule is C=C1OCCO/C1=C/C/C(C)=C1\CC=C(C(=O)NC(C)C)S1. The van der Waals surface area contributed by atoms with Gasteiger partial charge in [0, 0.05) is 6.04 Å². The summed E-state index contributed by atoms with van der Waals surface area (Å²) < 4.78 is 10.9. The number of hydrogen-bond donors (Lipinski definition) is 1. The van der Waals surface area contributed by atoms with Crippen LogP contribution < -0.4 is 5.32 Å². The number of carbonyl (C=O) groups excluding carboxylic acids is 1. The molecule has 0 aromatic rings. The largest absolute Gasteiger partial charge is 0.487 e. The van der Waals surface area contributed by atoms with Crippen LogP contribution in [0.25, 0.3) is 0 Å². The molecule has 0 radical (unpaired) electrons. The monoisotopic (exact) mass is 321 g/mol. The van der Waals surface area contributed by atoms with Gasteiger partial charge in [0.05, 0.1) is 4.91 Å². The maximum atomic E-state index is 12.0. The highest BCUT2D eigenvalue weighted by Crippen LogP contribution is 2.38. The van der Waals surface area contributed by atoms with Gasteiger partial charge in [-0.3, -0.25) is 4.79 Å². The van der Waals surface area contributed by atoms with Crippen molar-refractivity contribution in [1.82, 2.24) is 5.32 Å². The fraction of sp³-hybridized carbons (Fsp3) is 0.471. The Morgan fingerprint density at radius 1 is 1.45 bits per heavy atom. The Labute approximate surface area is 136 Å². The van der Waals surface area contributed by atoms with Gasteiger partial charge in [-0.25, -0.2) is 0 Å². The Balaban J connectivity index is 1.94. The van der Waals surface area contributed by atoms with Crippen LogP contribution in [0.2, 0.25) is 0 Å². The molecule has 1 fully saturated rings. The summed E-state index contributed by atoms with van der Waals surface area (Å²) in [5, 5.41) is 2.92. The molecule has 2 aliphatic heterocycles. The molecule has 22 heavy (non-hydrogen) atoms. The summed E-state index contributed by atoms with van der Waals surface area (Å²) in [4.78, 5) is 14.0. The second-order valence-electron chi connectivity index (χ2n) is 5.60. The third-order valence-corrected chi connectivity index (χ3v) is 4.64. The van der Waals surface area contributed by atoms with Crippen LogP contribution in [0.15, 0.2) is 45.6 Å². The Kier molecular flexibility index (Phi) is 5.77. The first-order chi connectivity index (χ1) is 10.5. The van der Waals surface area contributed by atoms with E-state index in [1.54, 1.807) is 11.8 Å². The van der Waals surface area contributed by atoms with Gasteiger partial charge >= 0.3 is 0 Å². The predicted molar refractivity (Wildman–Crippen MR) is 90.0 cm³/mol. The minimum atomic E-state index is 0.0125. The van der Waals surface area contributed by atoms with Crippen molar-refractivity contribution >= 4 is 17.7 Å². The normalized spacial score (nSPS) is 22.3. The average Bonchev–Trinajstić information content (AvgIpc) is 2.95. The van der Waals surface area contributed by atoms with Gasteiger partial charge in [0.2, 0.25) is 0 Å². The van der Waals surface area contributed by atoms with Gasteiger partial charge < -0.3 is 14.8 Å². The molecule has 2 heterocycles. The molecule has 120 valence electrons. The molecular weight excluding hydrogens is 298 g/mol. The maximum absolute atomic E-state index is 12.0. The van der Waals surface area contributed by atoms with Gasteiger partial charge in [0.25, 0.3) is 5.91 Å². The lowest BCUT2D eigenvalue weighted by Crippen LogP contribution is -2.30. The number of rotatable bonds is 4. The van der Waals surface area contributed by atoms with Crippen LogP contribution in [0.3, 0.4) is 0 Å². The number of amides is 1. The number of carbonyl (C=O) groups is 1. The highest BCUT2D eigenvalue weighted by atomic mass is 32.2. The molecule has 0 aromatic heterocycles. The molecule has 1 N–H and O–H groups in total. The fourth-order valence-corrected chi connectivity index (χ4v) is 3.14. The van der Waals surface area contributed by atoms with Gasteiger partial charge in [-0.2, -0.15) is 0 Å². The third kappa shape index (κ3) is 4.44. The van der Waals surface area contributed by atoms with E-state index in [4.69, 9.17) is 9.47 Å². The zero-order valence-electron chi connectivity index (χ0n) is 13.4. The quantitative estimate of drug-likeness (QED) is 0.859. The van der Waals surface area contributed by atoms with Gasteiger partial charge in [0.15, 0.2) is 11.5 Å². The van der Waals surface area contributed by atoms with Crippen LogP contribution in [0.5, 0.6) is 0 Å². The number of nitrogens with one attached hydrogen (secondary N) is 1. The van der Waals surface area contributed by atoms with Gasteiger partial charge in [-0.1, -0.05) is 30.0 Å². The maximum Gasteiger partial charge on any atom is 0.257 e. The third-order valence-electron chi connectivity index (χ3n) is 3.31. The summed E-state index contributed by atoms with van der Waals surface area (Å²) >= 11 is 1.56. The smallest absolute Gasteiger partial charge is 0.257 e. The Hall–Kier alpha value is -1.62. The van der Waals surface area contributed by atoms with Crippen LogP contribution >= 0.6 is 11.8 Å². The van der Waals surface area contributed by atoms with Crippen molar-refractivity contribution in [3.8, 4) is 0 Å². The molecule has 0 saturated carbocycles. The lowest BCUT2D eigenvalue weighted by atomic mass is 10.1. The average molecular weight is 321 g/mol. The zero-order chi connectivity index (χ0) is 16.1. The summed E-state index contributed by atoms with van der Waals surface area (Å²) in [5.41, 5.74) is 1.24. The molecule has 0 unspecified atom stereocenters. The van der Waals surface area contributed by atoms with Crippen LogP contribution in [-0.4, -0.2) is 25.2 Å². The van der Waals surface area contributed by atoms with E-state index in [1.165, 1.54) is 10.5 Å². The van der Waals surface area contributed by atoms with E-state index in [0.717, 1.165) is 23.5 Å². The number of ether oxygens (including phenoxy) is 2. The van der Waals surface area contributed by atoms with Crippen molar-refractivity contribution in [2.75, 3.05) is 13.2 Å². The Morgan fingerprint density at radius 2 is 2.18 bits per heavy atom. The van der Waals surface area contributed by atoms with E-state index in [0.29, 0.717) is 19.0 Å². The fourth-order valence-electron chi connectivity index (χ4n) is 2.14. The van der Waals surface area contributed by atoms with E-state index in [-0.39, 0.29) is 11.9 Å². The molecule has 0 aromatic carbocycles. The highest BCUT2D eigenvalue weighted by Gasteiger charge is 2.20. The van der Waals surface area contributed by atoms with E-state index >= 15 is 0 Å². The van der Waals surface area contributed by atoms with Crippen molar-refractivity contribution in [3.63, 3.8) is 0 Å². The van der Waals surface area contributed by atoms with E-state index in [9.17, 15) is 4.79 Å². The number of allylic oxidation sites excluding steroid dienone is 4. The second-order valence-corrected chi connectivity index (χ2v) is 6.74. The standard InChI is InChI=1S/C17H23NO3S/c1-11(2)18-17(19)16-8-7-15(22-16)12(3)5-6-14-13(4)20-9-10-21-14/h6,8,11H,4-5,7,9-10H2,1-3H3,(H,18,19)/b14-6+,15-12+. The van der Waals surface area contributed by atoms with Crippen molar-refractivity contribution in [2.24, 2.45) is 0 Å². The highest BCUT2D eigenvalue weighted by molar-refractivity contribution is 8.07. The molecule has 1 saturated heterocycles. The molecule has 2 rings (SSSR count). The van der Waals surface area contributed by atoms with E-state index in [2.05, 4.69) is 18.8 Å². The molecule has 4 nitrogen and oxygen atoms in total. The minimum Gasteiger partial charge on any atom is -0.487 e. The van der Waals surface area contributed by atoms with Crippen molar-refractivity contribution in [1.29, 1.82) is 0 Å². The number of thioether (sulfide) groups is 1. The van der Waals surface area contributed by atoms with Crippen molar-refractivity contribution in [3.05, 3.63) is 45.6 Å². The summed E-state index contributed by atoms with van der Waals surface area (Å²) in [6.45, 7) is 11.0. The molecule has 0 atom stereocenters. The van der Waals surface area contributed by atoms with Crippen LogP contribution in [0, 0.1) is 0 Å². The first kappa shape index (κ1) is 16.7. The first-order valence-corrected chi connectivity index (χ1v) is 8.31. The minimum absolute atomic E-state index is 0.0125. The Morgan fingerprint density at radius 3 is 2.86 bits per heavy atom. The predicted octanol–water partition coefficient (Wildman–Crippen LogP) is 3.64. The van der Waals surface area contributed by atoms with Gasteiger partial charge in [0.1, 0.15) is 13.2 Å². The molecule has 0 bridgehead atoms. The summed E-state index contributed by atoms with van der Waals surface area (Å²) in [6, 6.07) is 0.155. The molecular formula is C17H23NO3S. The first-order valence-electron chi connectivity index (χ1n) is 7.50. The van der Waals surface area contributed by atoms with E-state index in [1.807, 2.05) is 26.0 Å². The molecule has 0 aliphatic carbocycles. The molecule has 5 heteroatoms. The lowest BCUT2D eigenvalue weighted by Gasteiger charge is -2.19. The second kappa shape index (κ2) is 7.58. The van der Waals surface area contributed by atoms with Crippen molar-refractivity contribution < 1.29 is 14.3 Å².